The Labute approximate surface area is 168 Å². The highest BCUT2D eigenvalue weighted by molar-refractivity contribution is 8.03. The molecule has 0 spiro atoms. The van der Waals surface area contributed by atoms with Gasteiger partial charge in [-0.15, -0.1) is 11.8 Å². The minimum Gasteiger partial charge on any atom is -0.384 e. The van der Waals surface area contributed by atoms with E-state index in [2.05, 4.69) is 40.3 Å². The second-order valence-corrected chi connectivity index (χ2v) is 11.2. The van der Waals surface area contributed by atoms with E-state index in [1.807, 2.05) is 30.8 Å². The molecule has 1 atom stereocenters. The first kappa shape index (κ1) is 21.6. The van der Waals surface area contributed by atoms with Crippen LogP contribution >= 0.6 is 11.8 Å². The summed E-state index contributed by atoms with van der Waals surface area (Å²) < 4.78 is 26.0. The summed E-state index contributed by atoms with van der Waals surface area (Å²) in [6.07, 6.45) is 14.3. The van der Waals surface area contributed by atoms with Gasteiger partial charge in [-0.1, -0.05) is 36.5 Å². The molecule has 2 N–H and O–H groups in total. The van der Waals surface area contributed by atoms with Crippen molar-refractivity contribution in [2.24, 2.45) is 0 Å². The van der Waals surface area contributed by atoms with E-state index in [0.717, 1.165) is 18.4 Å². The molecule has 0 bridgehead atoms. The summed E-state index contributed by atoms with van der Waals surface area (Å²) in [5, 5.41) is 6.22. The van der Waals surface area contributed by atoms with Gasteiger partial charge in [0.05, 0.1) is 4.75 Å². The van der Waals surface area contributed by atoms with Gasteiger partial charge < -0.3 is 5.32 Å². The maximum Gasteiger partial charge on any atom is 0.237 e. The van der Waals surface area contributed by atoms with Gasteiger partial charge in [0, 0.05) is 29.6 Å². The molecule has 0 fully saturated rings. The zero-order valence-electron chi connectivity index (χ0n) is 16.6. The maximum absolute atomic E-state index is 12.2. The highest BCUT2D eigenvalue weighted by atomic mass is 32.2. The average molecular weight is 407 g/mol. The van der Waals surface area contributed by atoms with Gasteiger partial charge in [0.1, 0.15) is 0 Å². The van der Waals surface area contributed by atoms with Gasteiger partial charge in [-0.2, -0.15) is 0 Å². The van der Waals surface area contributed by atoms with E-state index in [1.54, 1.807) is 26.8 Å². The normalized spacial score (nSPS) is 20.7. The Morgan fingerprint density at radius 1 is 1.33 bits per heavy atom. The summed E-state index contributed by atoms with van der Waals surface area (Å²) in [6.45, 7) is 11.4. The molecule has 0 radical (unpaired) electrons. The van der Waals surface area contributed by atoms with Gasteiger partial charge in [-0.25, -0.2) is 8.42 Å². The SMILES string of the molecule is C=C(/C=C\C(=C/C)CNC1=CC=C2CC=CSC2C1)NS(=O)(=O)C(C)(C)C. The molecule has 148 valence electrons. The second-order valence-electron chi connectivity index (χ2n) is 7.63. The van der Waals surface area contributed by atoms with Crippen LogP contribution in [-0.2, 0) is 10.0 Å². The monoisotopic (exact) mass is 406 g/mol. The molecule has 0 saturated carbocycles. The van der Waals surface area contributed by atoms with Gasteiger partial charge in [0.15, 0.2) is 0 Å². The maximum atomic E-state index is 12.2. The minimum absolute atomic E-state index is 0.360. The topological polar surface area (TPSA) is 58.2 Å². The van der Waals surface area contributed by atoms with Crippen molar-refractivity contribution in [3.05, 3.63) is 71.0 Å². The van der Waals surface area contributed by atoms with Crippen LogP contribution in [0, 0.1) is 0 Å². The lowest BCUT2D eigenvalue weighted by Gasteiger charge is -2.26. The van der Waals surface area contributed by atoms with Crippen molar-refractivity contribution in [2.75, 3.05) is 6.54 Å². The number of hydrogen-bond acceptors (Lipinski definition) is 4. The van der Waals surface area contributed by atoms with Crippen molar-refractivity contribution < 1.29 is 8.42 Å². The first-order valence-electron chi connectivity index (χ1n) is 9.11. The molecule has 2 aliphatic rings. The van der Waals surface area contributed by atoms with Gasteiger partial charge in [-0.05, 0) is 57.2 Å². The highest BCUT2D eigenvalue weighted by Gasteiger charge is 2.28. The predicted molar refractivity (Wildman–Crippen MR) is 118 cm³/mol. The number of hydrogen-bond donors (Lipinski definition) is 2. The molecular formula is C21H30N2O2S2. The lowest BCUT2D eigenvalue weighted by molar-refractivity contribution is 0.553. The van der Waals surface area contributed by atoms with E-state index < -0.39 is 14.8 Å². The second kappa shape index (κ2) is 9.02. The van der Waals surface area contributed by atoms with E-state index >= 15 is 0 Å². The van der Waals surface area contributed by atoms with Crippen molar-refractivity contribution in [3.63, 3.8) is 0 Å². The van der Waals surface area contributed by atoms with E-state index in [-0.39, 0.29) is 0 Å². The molecule has 0 saturated heterocycles. The molecule has 2 rings (SSSR count). The third kappa shape index (κ3) is 6.18. The van der Waals surface area contributed by atoms with Crippen LogP contribution in [0.4, 0.5) is 0 Å². The molecule has 4 nitrogen and oxygen atoms in total. The first-order chi connectivity index (χ1) is 12.6. The largest absolute Gasteiger partial charge is 0.384 e. The lowest BCUT2D eigenvalue weighted by Crippen LogP contribution is -2.38. The van der Waals surface area contributed by atoms with Crippen molar-refractivity contribution >= 4 is 21.8 Å². The standard InChI is InChI=1S/C21H30N2O2S2/c1-6-17(10-9-16(2)23-27(24,25)21(3,4)5)15-22-19-12-11-18-8-7-13-26-20(18)14-19/h6-7,9-13,20,22-23H,2,8,14-15H2,1,3-5H3/b10-9-,17-6+. The molecule has 0 amide bonds. The molecule has 1 aliphatic carbocycles. The average Bonchev–Trinajstić information content (AvgIpc) is 2.60. The number of thioether (sulfide) groups is 1. The number of nitrogens with one attached hydrogen (secondary N) is 2. The van der Waals surface area contributed by atoms with Crippen LogP contribution in [0.3, 0.4) is 0 Å². The van der Waals surface area contributed by atoms with Crippen LogP contribution in [0.25, 0.3) is 0 Å². The van der Waals surface area contributed by atoms with Crippen LogP contribution in [0.1, 0.15) is 40.5 Å². The summed E-state index contributed by atoms with van der Waals surface area (Å²) >= 11 is 1.88. The Bertz CT molecular complexity index is 823. The minimum atomic E-state index is -3.45. The smallest absolute Gasteiger partial charge is 0.237 e. The van der Waals surface area contributed by atoms with Crippen LogP contribution in [0.15, 0.2) is 71.0 Å². The van der Waals surface area contributed by atoms with Crippen molar-refractivity contribution in [3.8, 4) is 0 Å². The fraction of sp³-hybridized carbons (Fsp3) is 0.429. The van der Waals surface area contributed by atoms with Crippen molar-refractivity contribution in [1.29, 1.82) is 0 Å². The predicted octanol–water partition coefficient (Wildman–Crippen LogP) is 4.54. The summed E-state index contributed by atoms with van der Waals surface area (Å²) in [5.74, 6) is 0. The Morgan fingerprint density at radius 3 is 2.74 bits per heavy atom. The molecule has 1 heterocycles. The Balaban J connectivity index is 1.89. The number of sulfonamides is 1. The van der Waals surface area contributed by atoms with Crippen molar-refractivity contribution in [1.82, 2.24) is 10.0 Å². The van der Waals surface area contributed by atoms with Crippen LogP contribution < -0.4 is 10.0 Å². The lowest BCUT2D eigenvalue weighted by atomic mass is 9.99. The highest BCUT2D eigenvalue weighted by Crippen LogP contribution is 2.35. The van der Waals surface area contributed by atoms with Gasteiger partial charge in [-0.3, -0.25) is 4.72 Å². The summed E-state index contributed by atoms with van der Waals surface area (Å²) in [4.78, 5) is 0. The Kier molecular flexibility index (Phi) is 7.23. The summed E-state index contributed by atoms with van der Waals surface area (Å²) in [7, 11) is -3.45. The van der Waals surface area contributed by atoms with E-state index in [0.29, 0.717) is 17.5 Å². The first-order valence-corrected chi connectivity index (χ1v) is 11.5. The van der Waals surface area contributed by atoms with Gasteiger partial charge in [0.25, 0.3) is 0 Å². The molecule has 0 aromatic rings. The molecule has 0 aromatic heterocycles. The number of rotatable bonds is 7. The number of allylic oxidation sites excluding steroid dienone is 6. The van der Waals surface area contributed by atoms with E-state index in [9.17, 15) is 8.42 Å². The van der Waals surface area contributed by atoms with Crippen LogP contribution in [0.5, 0.6) is 0 Å². The molecule has 27 heavy (non-hydrogen) atoms. The summed E-state index contributed by atoms with van der Waals surface area (Å²) in [6, 6.07) is 0. The zero-order valence-corrected chi connectivity index (χ0v) is 18.2. The fourth-order valence-corrected chi connectivity index (χ4v) is 4.30. The quantitative estimate of drug-likeness (QED) is 0.609. The van der Waals surface area contributed by atoms with E-state index in [1.165, 1.54) is 11.3 Å². The third-order valence-corrected chi connectivity index (χ3v) is 7.76. The van der Waals surface area contributed by atoms with E-state index in [4.69, 9.17) is 0 Å². The molecule has 6 heteroatoms. The van der Waals surface area contributed by atoms with Gasteiger partial charge in [0.2, 0.25) is 10.0 Å². The fourth-order valence-electron chi connectivity index (χ4n) is 2.55. The third-order valence-electron chi connectivity index (χ3n) is 4.47. The van der Waals surface area contributed by atoms with Crippen LogP contribution in [0.2, 0.25) is 0 Å². The molecular weight excluding hydrogens is 376 g/mol. The van der Waals surface area contributed by atoms with Crippen molar-refractivity contribution in [2.45, 2.75) is 50.5 Å². The zero-order chi connectivity index (χ0) is 20.1. The Morgan fingerprint density at radius 2 is 2.07 bits per heavy atom. The van der Waals surface area contributed by atoms with Gasteiger partial charge >= 0.3 is 0 Å². The number of fused-ring (bicyclic) bond motifs is 1. The Hall–Kier alpha value is -1.66. The van der Waals surface area contributed by atoms with Crippen LogP contribution in [-0.4, -0.2) is 25.0 Å². The molecule has 1 unspecified atom stereocenters. The molecule has 0 aromatic carbocycles. The summed E-state index contributed by atoms with van der Waals surface area (Å²) in [5.41, 5.74) is 4.14. The molecule has 1 aliphatic heterocycles.